The van der Waals surface area contributed by atoms with E-state index in [2.05, 4.69) is 42.6 Å². The van der Waals surface area contributed by atoms with Gasteiger partial charge in [-0.3, -0.25) is 0 Å². The third-order valence-corrected chi connectivity index (χ3v) is 4.24. The molecule has 0 radical (unpaired) electrons. The Morgan fingerprint density at radius 3 is 2.89 bits per heavy atom. The van der Waals surface area contributed by atoms with E-state index in [1.807, 2.05) is 6.20 Å². The van der Waals surface area contributed by atoms with Gasteiger partial charge in [0.15, 0.2) is 0 Å². The van der Waals surface area contributed by atoms with Crippen LogP contribution >= 0.6 is 0 Å². The van der Waals surface area contributed by atoms with Crippen LogP contribution in [-0.2, 0) is 0 Å². The molecular weight excluding hydrogens is 222 g/mol. The monoisotopic (exact) mass is 245 g/mol. The summed E-state index contributed by atoms with van der Waals surface area (Å²) >= 11 is 0. The first kappa shape index (κ1) is 13.1. The molecule has 18 heavy (non-hydrogen) atoms. The van der Waals surface area contributed by atoms with E-state index in [9.17, 15) is 5.26 Å². The van der Waals surface area contributed by atoms with Gasteiger partial charge in [0.1, 0.15) is 5.82 Å². The Morgan fingerprint density at radius 2 is 2.28 bits per heavy atom. The first-order valence-electron chi connectivity index (χ1n) is 7.09. The molecule has 0 amide bonds. The Balaban J connectivity index is 2.27. The van der Waals surface area contributed by atoms with E-state index in [0.29, 0.717) is 12.0 Å². The number of hydrogen-bond donors (Lipinski definition) is 0. The number of nitrogens with zero attached hydrogens (tertiary/aromatic N) is 3. The molecule has 0 N–H and O–H groups in total. The SMILES string of the molecule is CCC1CCC(C#N)C(n2ccnc2C(C)C)C1. The minimum Gasteiger partial charge on any atom is -0.330 e. The largest absolute Gasteiger partial charge is 0.330 e. The summed E-state index contributed by atoms with van der Waals surface area (Å²) in [6, 6.07) is 2.83. The second kappa shape index (κ2) is 5.56. The fourth-order valence-corrected chi connectivity index (χ4v) is 3.11. The molecule has 1 aromatic heterocycles. The Labute approximate surface area is 110 Å². The Kier molecular flexibility index (Phi) is 4.06. The van der Waals surface area contributed by atoms with Crippen LogP contribution in [0.25, 0.3) is 0 Å². The molecule has 0 spiro atoms. The number of imidazole rings is 1. The molecule has 1 aliphatic carbocycles. The van der Waals surface area contributed by atoms with Crippen molar-refractivity contribution in [1.82, 2.24) is 9.55 Å². The van der Waals surface area contributed by atoms with Gasteiger partial charge in [-0.2, -0.15) is 5.26 Å². The highest BCUT2D eigenvalue weighted by Gasteiger charge is 2.32. The van der Waals surface area contributed by atoms with Gasteiger partial charge in [0.05, 0.1) is 18.0 Å². The maximum atomic E-state index is 9.36. The van der Waals surface area contributed by atoms with Gasteiger partial charge >= 0.3 is 0 Å². The maximum absolute atomic E-state index is 9.36. The Bertz CT molecular complexity index is 427. The second-order valence-corrected chi connectivity index (χ2v) is 5.74. The normalized spacial score (nSPS) is 28.3. The topological polar surface area (TPSA) is 41.6 Å². The zero-order valence-corrected chi connectivity index (χ0v) is 11.6. The summed E-state index contributed by atoms with van der Waals surface area (Å²) in [5, 5.41) is 9.36. The van der Waals surface area contributed by atoms with Gasteiger partial charge in [0, 0.05) is 18.3 Å². The summed E-state index contributed by atoms with van der Waals surface area (Å²) in [5.41, 5.74) is 0. The lowest BCUT2D eigenvalue weighted by Gasteiger charge is -2.34. The van der Waals surface area contributed by atoms with E-state index < -0.39 is 0 Å². The van der Waals surface area contributed by atoms with Crippen LogP contribution in [0.15, 0.2) is 12.4 Å². The van der Waals surface area contributed by atoms with Crippen LogP contribution in [0, 0.1) is 23.2 Å². The molecule has 1 heterocycles. The average molecular weight is 245 g/mol. The van der Waals surface area contributed by atoms with E-state index in [4.69, 9.17) is 0 Å². The van der Waals surface area contributed by atoms with Crippen molar-refractivity contribution >= 4 is 0 Å². The van der Waals surface area contributed by atoms with Gasteiger partial charge in [-0.15, -0.1) is 0 Å². The molecule has 0 bridgehead atoms. The van der Waals surface area contributed by atoms with Crippen LogP contribution in [0.4, 0.5) is 0 Å². The number of rotatable bonds is 3. The highest BCUT2D eigenvalue weighted by molar-refractivity contribution is 5.05. The lowest BCUT2D eigenvalue weighted by Crippen LogP contribution is -2.27. The Morgan fingerprint density at radius 1 is 1.50 bits per heavy atom. The van der Waals surface area contributed by atoms with Crippen molar-refractivity contribution in [2.75, 3.05) is 0 Å². The highest BCUT2D eigenvalue weighted by Crippen LogP contribution is 2.39. The van der Waals surface area contributed by atoms with Crippen molar-refractivity contribution in [2.24, 2.45) is 11.8 Å². The minimum atomic E-state index is 0.152. The molecule has 3 atom stereocenters. The van der Waals surface area contributed by atoms with E-state index in [1.54, 1.807) is 0 Å². The van der Waals surface area contributed by atoms with Crippen molar-refractivity contribution in [3.8, 4) is 6.07 Å². The van der Waals surface area contributed by atoms with Crippen molar-refractivity contribution in [3.63, 3.8) is 0 Å². The maximum Gasteiger partial charge on any atom is 0.111 e. The van der Waals surface area contributed by atoms with Crippen molar-refractivity contribution in [2.45, 2.75) is 58.4 Å². The fourth-order valence-electron chi connectivity index (χ4n) is 3.11. The van der Waals surface area contributed by atoms with Gasteiger partial charge in [0.2, 0.25) is 0 Å². The average Bonchev–Trinajstić information content (AvgIpc) is 2.87. The molecule has 2 rings (SSSR count). The second-order valence-electron chi connectivity index (χ2n) is 5.74. The molecule has 1 aromatic rings. The van der Waals surface area contributed by atoms with E-state index in [1.165, 1.54) is 12.8 Å². The first-order valence-corrected chi connectivity index (χ1v) is 7.09. The fraction of sp³-hybridized carbons (Fsp3) is 0.733. The highest BCUT2D eigenvalue weighted by atomic mass is 15.1. The quantitative estimate of drug-likeness (QED) is 0.810. The molecule has 3 unspecified atom stereocenters. The smallest absolute Gasteiger partial charge is 0.111 e. The van der Waals surface area contributed by atoms with Gasteiger partial charge in [0.25, 0.3) is 0 Å². The summed E-state index contributed by atoms with van der Waals surface area (Å²) in [6.07, 6.45) is 8.53. The van der Waals surface area contributed by atoms with E-state index in [0.717, 1.165) is 24.6 Å². The zero-order chi connectivity index (χ0) is 13.1. The molecule has 3 heteroatoms. The van der Waals surface area contributed by atoms with Crippen LogP contribution in [0.1, 0.15) is 64.2 Å². The van der Waals surface area contributed by atoms with Gasteiger partial charge < -0.3 is 4.57 Å². The molecular formula is C15H23N3. The number of aromatic nitrogens is 2. The Hall–Kier alpha value is -1.30. The minimum absolute atomic E-state index is 0.152. The molecule has 98 valence electrons. The lowest BCUT2D eigenvalue weighted by atomic mass is 9.77. The number of hydrogen-bond acceptors (Lipinski definition) is 2. The van der Waals surface area contributed by atoms with Crippen LogP contribution in [0.5, 0.6) is 0 Å². The van der Waals surface area contributed by atoms with Gasteiger partial charge in [-0.05, 0) is 25.2 Å². The molecule has 0 saturated heterocycles. The summed E-state index contributed by atoms with van der Waals surface area (Å²) in [4.78, 5) is 4.46. The van der Waals surface area contributed by atoms with Crippen LogP contribution in [0.2, 0.25) is 0 Å². The number of nitriles is 1. The van der Waals surface area contributed by atoms with Gasteiger partial charge in [-0.1, -0.05) is 27.2 Å². The van der Waals surface area contributed by atoms with Crippen LogP contribution in [0.3, 0.4) is 0 Å². The molecule has 0 aromatic carbocycles. The molecule has 1 aliphatic rings. The summed E-state index contributed by atoms with van der Waals surface area (Å²) in [7, 11) is 0. The predicted molar refractivity (Wildman–Crippen MR) is 72.1 cm³/mol. The summed E-state index contributed by atoms with van der Waals surface area (Å²) < 4.78 is 2.26. The zero-order valence-electron chi connectivity index (χ0n) is 11.6. The molecule has 1 fully saturated rings. The first-order chi connectivity index (χ1) is 8.67. The van der Waals surface area contributed by atoms with Crippen molar-refractivity contribution in [1.29, 1.82) is 5.26 Å². The third kappa shape index (κ3) is 2.43. The molecule has 0 aliphatic heterocycles. The van der Waals surface area contributed by atoms with E-state index in [-0.39, 0.29) is 5.92 Å². The van der Waals surface area contributed by atoms with Crippen LogP contribution in [-0.4, -0.2) is 9.55 Å². The summed E-state index contributed by atoms with van der Waals surface area (Å²) in [5.74, 6) is 2.46. The third-order valence-electron chi connectivity index (χ3n) is 4.24. The van der Waals surface area contributed by atoms with Gasteiger partial charge in [-0.25, -0.2) is 4.98 Å². The summed E-state index contributed by atoms with van der Waals surface area (Å²) in [6.45, 7) is 6.59. The van der Waals surface area contributed by atoms with Crippen molar-refractivity contribution in [3.05, 3.63) is 18.2 Å². The van der Waals surface area contributed by atoms with E-state index >= 15 is 0 Å². The lowest BCUT2D eigenvalue weighted by molar-refractivity contribution is 0.212. The van der Waals surface area contributed by atoms with Crippen molar-refractivity contribution < 1.29 is 0 Å². The standard InChI is InChI=1S/C15H23N3/c1-4-12-5-6-13(10-16)14(9-12)18-8-7-17-15(18)11(2)3/h7-8,11-14H,4-6,9H2,1-3H3. The predicted octanol–water partition coefficient (Wildman–Crippen LogP) is 3.90. The molecule has 3 nitrogen and oxygen atoms in total. The van der Waals surface area contributed by atoms with Crippen LogP contribution < -0.4 is 0 Å². The molecule has 1 saturated carbocycles.